The molecule has 0 spiro atoms. The second-order valence-corrected chi connectivity index (χ2v) is 5.47. The highest BCUT2D eigenvalue weighted by molar-refractivity contribution is 5.89. The molecule has 0 radical (unpaired) electrons. The van der Waals surface area contributed by atoms with Crippen LogP contribution in [-0.4, -0.2) is 50.4 Å². The molecule has 4 aromatic heterocycles. The molecule has 4 rings (SSSR count). The Hall–Kier alpha value is -3.89. The van der Waals surface area contributed by atoms with Gasteiger partial charge in [0.2, 0.25) is 5.91 Å². The molecular weight excluding hydrogens is 336 g/mol. The quantitative estimate of drug-likeness (QED) is 0.549. The molecule has 130 valence electrons. The van der Waals surface area contributed by atoms with Crippen LogP contribution in [0.5, 0.6) is 0 Å². The second kappa shape index (κ2) is 6.55. The van der Waals surface area contributed by atoms with Gasteiger partial charge in [0.05, 0.1) is 12.4 Å². The van der Waals surface area contributed by atoms with Crippen LogP contribution >= 0.6 is 0 Å². The van der Waals surface area contributed by atoms with Crippen LogP contribution < -0.4 is 5.32 Å². The van der Waals surface area contributed by atoms with E-state index in [0.29, 0.717) is 5.82 Å². The molecule has 0 aliphatic carbocycles. The third-order valence-electron chi connectivity index (χ3n) is 3.57. The predicted octanol–water partition coefficient (Wildman–Crippen LogP) is 0.293. The van der Waals surface area contributed by atoms with Crippen LogP contribution in [0.4, 0.5) is 5.82 Å². The van der Waals surface area contributed by atoms with Gasteiger partial charge in [0.1, 0.15) is 25.0 Å². The lowest BCUT2D eigenvalue weighted by Crippen LogP contribution is -2.19. The molecule has 11 nitrogen and oxygen atoms in total. The lowest BCUT2D eigenvalue weighted by atomic mass is 10.2. The number of aromatic nitrogens is 9. The number of hydrogen-bond acceptors (Lipinski definition) is 7. The van der Waals surface area contributed by atoms with E-state index in [2.05, 4.69) is 35.8 Å². The molecular formula is C15H14N10O. The van der Waals surface area contributed by atoms with E-state index in [1.54, 1.807) is 47.5 Å². The largest absolute Gasteiger partial charge is 0.306 e. The van der Waals surface area contributed by atoms with Gasteiger partial charge in [-0.15, -0.1) is 15.3 Å². The molecule has 1 N–H and O–H groups in total. The van der Waals surface area contributed by atoms with Gasteiger partial charge >= 0.3 is 0 Å². The van der Waals surface area contributed by atoms with Crippen LogP contribution in [0, 0.1) is 0 Å². The van der Waals surface area contributed by atoms with Crippen molar-refractivity contribution in [2.24, 2.45) is 7.05 Å². The lowest BCUT2D eigenvalue weighted by Gasteiger charge is -2.02. The van der Waals surface area contributed by atoms with Crippen LogP contribution in [0.1, 0.15) is 0 Å². The van der Waals surface area contributed by atoms with E-state index < -0.39 is 0 Å². The number of carbonyl (C=O) groups is 1. The summed E-state index contributed by atoms with van der Waals surface area (Å²) in [6, 6.07) is 3.78. The van der Waals surface area contributed by atoms with Gasteiger partial charge in [0.25, 0.3) is 0 Å². The maximum atomic E-state index is 12.0. The molecule has 0 fully saturated rings. The molecule has 0 aliphatic heterocycles. The van der Waals surface area contributed by atoms with Gasteiger partial charge in [-0.3, -0.25) is 14.0 Å². The maximum Gasteiger partial charge on any atom is 0.247 e. The fraction of sp³-hybridized carbons (Fsp3) is 0.133. The summed E-state index contributed by atoms with van der Waals surface area (Å²) < 4.78 is 3.26. The van der Waals surface area contributed by atoms with Crippen LogP contribution in [-0.2, 0) is 18.4 Å². The highest BCUT2D eigenvalue weighted by Gasteiger charge is 2.09. The smallest absolute Gasteiger partial charge is 0.247 e. The number of pyridine rings is 1. The van der Waals surface area contributed by atoms with Crippen molar-refractivity contribution >= 4 is 11.7 Å². The van der Waals surface area contributed by atoms with Crippen molar-refractivity contribution in [3.63, 3.8) is 0 Å². The van der Waals surface area contributed by atoms with Gasteiger partial charge in [0, 0.05) is 30.6 Å². The Morgan fingerprint density at radius 3 is 2.62 bits per heavy atom. The fourth-order valence-corrected chi connectivity index (χ4v) is 2.36. The first-order valence-electron chi connectivity index (χ1n) is 7.67. The molecule has 0 saturated heterocycles. The van der Waals surface area contributed by atoms with Crippen molar-refractivity contribution < 1.29 is 4.79 Å². The normalized spacial score (nSPS) is 10.8. The Bertz CT molecular complexity index is 1020. The first-order valence-corrected chi connectivity index (χ1v) is 7.67. The van der Waals surface area contributed by atoms with E-state index in [9.17, 15) is 4.79 Å². The molecule has 0 unspecified atom stereocenters. The minimum absolute atomic E-state index is 0.0722. The molecule has 0 aromatic carbocycles. The summed E-state index contributed by atoms with van der Waals surface area (Å²) in [5.74, 6) is 0.884. The SMILES string of the molecule is Cn1ncc(NC(=O)Cn2cc(-c3ccc(-n4cnnc4)nc3)cn2)n1. The Morgan fingerprint density at radius 2 is 1.92 bits per heavy atom. The minimum atomic E-state index is -0.235. The molecule has 0 aliphatic rings. The Balaban J connectivity index is 1.43. The number of nitrogens with one attached hydrogen (secondary N) is 1. The Morgan fingerprint density at radius 1 is 1.08 bits per heavy atom. The van der Waals surface area contributed by atoms with E-state index in [1.807, 2.05) is 12.1 Å². The fourth-order valence-electron chi connectivity index (χ4n) is 2.36. The maximum absolute atomic E-state index is 12.0. The van der Waals surface area contributed by atoms with E-state index in [0.717, 1.165) is 16.9 Å². The summed E-state index contributed by atoms with van der Waals surface area (Å²) in [4.78, 5) is 17.8. The molecule has 4 aromatic rings. The number of aryl methyl sites for hydroxylation is 1. The molecule has 1 amide bonds. The zero-order chi connectivity index (χ0) is 17.9. The number of nitrogens with zero attached hydrogens (tertiary/aromatic N) is 9. The topological polar surface area (TPSA) is 121 Å². The first kappa shape index (κ1) is 15.6. The highest BCUT2D eigenvalue weighted by atomic mass is 16.2. The van der Waals surface area contributed by atoms with Gasteiger partial charge in [-0.2, -0.15) is 15.0 Å². The van der Waals surface area contributed by atoms with Crippen molar-refractivity contribution in [1.82, 2.24) is 44.5 Å². The van der Waals surface area contributed by atoms with E-state index in [-0.39, 0.29) is 12.5 Å². The van der Waals surface area contributed by atoms with Crippen LogP contribution in [0.15, 0.2) is 49.6 Å². The lowest BCUT2D eigenvalue weighted by molar-refractivity contribution is -0.116. The van der Waals surface area contributed by atoms with Crippen LogP contribution in [0.3, 0.4) is 0 Å². The standard InChI is InChI=1S/C15H14N10O/c1-23-19-6-13(22-23)21-15(26)8-25-7-12(5-20-25)11-2-3-14(16-4-11)24-9-17-18-10-24/h2-7,9-10H,8H2,1H3,(H,21,22,26). The van der Waals surface area contributed by atoms with Gasteiger partial charge in [-0.05, 0) is 12.1 Å². The number of amides is 1. The van der Waals surface area contributed by atoms with Gasteiger partial charge in [-0.1, -0.05) is 0 Å². The average molecular weight is 350 g/mol. The summed E-state index contributed by atoms with van der Waals surface area (Å²) in [6.07, 6.45) is 9.84. The molecule has 0 bridgehead atoms. The van der Waals surface area contributed by atoms with Crippen molar-refractivity contribution in [2.45, 2.75) is 6.54 Å². The van der Waals surface area contributed by atoms with Crippen molar-refractivity contribution in [1.29, 1.82) is 0 Å². The number of rotatable bonds is 5. The molecule has 0 saturated carbocycles. The Kier molecular flexibility index (Phi) is 3.94. The molecule has 26 heavy (non-hydrogen) atoms. The Labute approximate surface area is 147 Å². The summed E-state index contributed by atoms with van der Waals surface area (Å²) in [5, 5.41) is 22.3. The van der Waals surface area contributed by atoms with E-state index in [1.165, 1.54) is 11.0 Å². The first-order chi connectivity index (χ1) is 12.7. The third-order valence-corrected chi connectivity index (χ3v) is 3.57. The predicted molar refractivity (Wildman–Crippen MR) is 90.0 cm³/mol. The summed E-state index contributed by atoms with van der Waals surface area (Å²) in [6.45, 7) is 0.0722. The van der Waals surface area contributed by atoms with E-state index in [4.69, 9.17) is 0 Å². The van der Waals surface area contributed by atoms with E-state index >= 15 is 0 Å². The van der Waals surface area contributed by atoms with Crippen LogP contribution in [0.2, 0.25) is 0 Å². The van der Waals surface area contributed by atoms with Gasteiger partial charge < -0.3 is 5.32 Å². The summed E-state index contributed by atoms with van der Waals surface area (Å²) in [7, 11) is 1.68. The number of anilines is 1. The third kappa shape index (κ3) is 3.31. The zero-order valence-electron chi connectivity index (χ0n) is 13.8. The molecule has 11 heteroatoms. The number of hydrogen-bond donors (Lipinski definition) is 1. The summed E-state index contributed by atoms with van der Waals surface area (Å²) >= 11 is 0. The van der Waals surface area contributed by atoms with Gasteiger partial charge in [-0.25, -0.2) is 4.98 Å². The second-order valence-electron chi connectivity index (χ2n) is 5.47. The number of carbonyl (C=O) groups excluding carboxylic acids is 1. The zero-order valence-corrected chi connectivity index (χ0v) is 13.8. The van der Waals surface area contributed by atoms with Crippen molar-refractivity contribution in [2.75, 3.05) is 5.32 Å². The van der Waals surface area contributed by atoms with Gasteiger partial charge in [0.15, 0.2) is 5.82 Å². The van der Waals surface area contributed by atoms with Crippen LogP contribution in [0.25, 0.3) is 16.9 Å². The monoisotopic (exact) mass is 350 g/mol. The molecule has 4 heterocycles. The average Bonchev–Trinajstić information content (AvgIpc) is 3.37. The minimum Gasteiger partial charge on any atom is -0.306 e. The highest BCUT2D eigenvalue weighted by Crippen LogP contribution is 2.18. The van der Waals surface area contributed by atoms with Crippen molar-refractivity contribution in [3.05, 3.63) is 49.6 Å². The van der Waals surface area contributed by atoms with Crippen molar-refractivity contribution in [3.8, 4) is 16.9 Å². The summed E-state index contributed by atoms with van der Waals surface area (Å²) in [5.41, 5.74) is 1.75. The molecule has 0 atom stereocenters.